The molecule has 2 heterocycles. The molecule has 1 aliphatic heterocycles. The van der Waals surface area contributed by atoms with E-state index < -0.39 is 0 Å². The number of rotatable bonds is 4. The van der Waals surface area contributed by atoms with E-state index in [0.29, 0.717) is 5.92 Å². The maximum Gasteiger partial charge on any atom is 0.275 e. The molecule has 1 N–H and O–H groups in total. The molecule has 0 unspecified atom stereocenters. The van der Waals surface area contributed by atoms with Crippen LogP contribution in [-0.2, 0) is 13.1 Å². The predicted octanol–water partition coefficient (Wildman–Crippen LogP) is 3.35. The van der Waals surface area contributed by atoms with Crippen molar-refractivity contribution in [1.29, 1.82) is 0 Å². The van der Waals surface area contributed by atoms with Crippen molar-refractivity contribution >= 4 is 23.2 Å². The van der Waals surface area contributed by atoms with Crippen molar-refractivity contribution in [3.05, 3.63) is 52.6 Å². The SMILES string of the molecule is CC(C)CN1Cc2cccc(NC(=O)c3ncncc3Cl)c2C1. The Morgan fingerprint density at radius 1 is 1.39 bits per heavy atom. The van der Waals surface area contributed by atoms with Gasteiger partial charge in [0.1, 0.15) is 12.0 Å². The fraction of sp³-hybridized carbons (Fsp3) is 0.353. The second-order valence-electron chi connectivity index (χ2n) is 6.18. The van der Waals surface area contributed by atoms with Crippen LogP contribution in [0.1, 0.15) is 35.5 Å². The Balaban J connectivity index is 1.80. The zero-order valence-electron chi connectivity index (χ0n) is 13.2. The summed E-state index contributed by atoms with van der Waals surface area (Å²) in [6.45, 7) is 7.23. The van der Waals surface area contributed by atoms with Gasteiger partial charge in [0.15, 0.2) is 0 Å². The number of fused-ring (bicyclic) bond motifs is 1. The normalized spacial score (nSPS) is 14.1. The van der Waals surface area contributed by atoms with Crippen LogP contribution >= 0.6 is 11.6 Å². The standard InChI is InChI=1S/C17H19ClN4O/c1-11(2)7-22-8-12-4-3-5-15(13(12)9-22)21-17(23)16-14(18)6-19-10-20-16/h3-6,10-11H,7-9H2,1-2H3,(H,21,23). The van der Waals surface area contributed by atoms with E-state index in [0.717, 1.165) is 25.3 Å². The van der Waals surface area contributed by atoms with Gasteiger partial charge in [-0.05, 0) is 23.1 Å². The summed E-state index contributed by atoms with van der Waals surface area (Å²) in [4.78, 5) is 22.5. The smallest absolute Gasteiger partial charge is 0.275 e. The number of amides is 1. The predicted molar refractivity (Wildman–Crippen MR) is 90.4 cm³/mol. The lowest BCUT2D eigenvalue weighted by molar-refractivity contribution is 0.102. The molecule has 5 nitrogen and oxygen atoms in total. The number of hydrogen-bond acceptors (Lipinski definition) is 4. The molecular formula is C17H19ClN4O. The Kier molecular flexibility index (Phi) is 4.59. The van der Waals surface area contributed by atoms with Crippen LogP contribution in [0.4, 0.5) is 5.69 Å². The van der Waals surface area contributed by atoms with Gasteiger partial charge in [-0.15, -0.1) is 0 Å². The van der Waals surface area contributed by atoms with Crippen LogP contribution in [0.3, 0.4) is 0 Å². The zero-order chi connectivity index (χ0) is 16.4. The summed E-state index contributed by atoms with van der Waals surface area (Å²) in [7, 11) is 0. The lowest BCUT2D eigenvalue weighted by atomic mass is 10.1. The number of anilines is 1. The molecule has 120 valence electrons. The molecule has 0 saturated heterocycles. The summed E-state index contributed by atoms with van der Waals surface area (Å²) >= 11 is 5.99. The van der Waals surface area contributed by atoms with Gasteiger partial charge in [0, 0.05) is 31.5 Å². The van der Waals surface area contributed by atoms with Crippen molar-refractivity contribution in [1.82, 2.24) is 14.9 Å². The monoisotopic (exact) mass is 330 g/mol. The highest BCUT2D eigenvalue weighted by Gasteiger charge is 2.23. The second-order valence-corrected chi connectivity index (χ2v) is 6.59. The lowest BCUT2D eigenvalue weighted by Gasteiger charge is -2.17. The number of hydrogen-bond donors (Lipinski definition) is 1. The van der Waals surface area contributed by atoms with Crippen LogP contribution in [-0.4, -0.2) is 27.3 Å². The van der Waals surface area contributed by atoms with Crippen molar-refractivity contribution in [3.63, 3.8) is 0 Å². The molecule has 0 spiro atoms. The second kappa shape index (κ2) is 6.64. The molecule has 0 radical (unpaired) electrons. The Morgan fingerprint density at radius 2 is 2.22 bits per heavy atom. The topological polar surface area (TPSA) is 58.1 Å². The first-order valence-electron chi connectivity index (χ1n) is 7.64. The number of carbonyl (C=O) groups excluding carboxylic acids is 1. The van der Waals surface area contributed by atoms with Gasteiger partial charge in [-0.1, -0.05) is 37.6 Å². The van der Waals surface area contributed by atoms with Crippen LogP contribution in [0.25, 0.3) is 0 Å². The highest BCUT2D eigenvalue weighted by molar-refractivity contribution is 6.33. The molecule has 23 heavy (non-hydrogen) atoms. The van der Waals surface area contributed by atoms with Crippen LogP contribution in [0.15, 0.2) is 30.7 Å². The Bertz CT molecular complexity index is 732. The Morgan fingerprint density at radius 3 is 2.96 bits per heavy atom. The molecule has 1 aliphatic rings. The fourth-order valence-electron chi connectivity index (χ4n) is 2.91. The minimum Gasteiger partial charge on any atom is -0.320 e. The summed E-state index contributed by atoms with van der Waals surface area (Å²) < 4.78 is 0. The third-order valence-corrected chi connectivity index (χ3v) is 4.08. The van der Waals surface area contributed by atoms with Gasteiger partial charge < -0.3 is 5.32 Å². The lowest BCUT2D eigenvalue weighted by Crippen LogP contribution is -2.21. The van der Waals surface area contributed by atoms with Gasteiger partial charge >= 0.3 is 0 Å². The van der Waals surface area contributed by atoms with E-state index >= 15 is 0 Å². The number of benzene rings is 1. The molecule has 3 rings (SSSR count). The van der Waals surface area contributed by atoms with E-state index in [9.17, 15) is 4.79 Å². The maximum absolute atomic E-state index is 12.4. The minimum absolute atomic E-state index is 0.191. The molecule has 1 amide bonds. The third-order valence-electron chi connectivity index (χ3n) is 3.80. The van der Waals surface area contributed by atoms with Crippen molar-refractivity contribution in [2.45, 2.75) is 26.9 Å². The van der Waals surface area contributed by atoms with E-state index in [4.69, 9.17) is 11.6 Å². The van der Waals surface area contributed by atoms with Crippen molar-refractivity contribution in [2.75, 3.05) is 11.9 Å². The number of nitrogens with one attached hydrogen (secondary N) is 1. The summed E-state index contributed by atoms with van der Waals surface area (Å²) in [6.07, 6.45) is 2.74. The average Bonchev–Trinajstić information content (AvgIpc) is 2.90. The highest BCUT2D eigenvalue weighted by Crippen LogP contribution is 2.30. The first kappa shape index (κ1) is 15.9. The summed E-state index contributed by atoms with van der Waals surface area (Å²) in [5.74, 6) is 0.301. The zero-order valence-corrected chi connectivity index (χ0v) is 14.0. The molecule has 0 fully saturated rings. The first-order valence-corrected chi connectivity index (χ1v) is 8.02. The molecule has 0 saturated carbocycles. The largest absolute Gasteiger partial charge is 0.320 e. The Labute approximate surface area is 140 Å². The van der Waals surface area contributed by atoms with Crippen LogP contribution in [0.5, 0.6) is 0 Å². The van der Waals surface area contributed by atoms with Gasteiger partial charge in [-0.2, -0.15) is 0 Å². The van der Waals surface area contributed by atoms with Gasteiger partial charge in [0.25, 0.3) is 5.91 Å². The van der Waals surface area contributed by atoms with Gasteiger partial charge in [-0.25, -0.2) is 9.97 Å². The number of aromatic nitrogens is 2. The average molecular weight is 331 g/mol. The fourth-order valence-corrected chi connectivity index (χ4v) is 3.10. The van der Waals surface area contributed by atoms with Gasteiger partial charge in [0.2, 0.25) is 0 Å². The van der Waals surface area contributed by atoms with Crippen LogP contribution < -0.4 is 5.32 Å². The van der Waals surface area contributed by atoms with Crippen LogP contribution in [0, 0.1) is 5.92 Å². The van der Waals surface area contributed by atoms with E-state index in [2.05, 4.69) is 40.1 Å². The molecule has 0 atom stereocenters. The van der Waals surface area contributed by atoms with Crippen LogP contribution in [0.2, 0.25) is 5.02 Å². The summed E-state index contributed by atoms with van der Waals surface area (Å²) in [5, 5.41) is 3.18. The molecule has 0 aliphatic carbocycles. The molecule has 2 aromatic rings. The van der Waals surface area contributed by atoms with Crippen molar-refractivity contribution < 1.29 is 4.79 Å². The number of nitrogens with zero attached hydrogens (tertiary/aromatic N) is 3. The van der Waals surface area contributed by atoms with Crippen molar-refractivity contribution in [2.24, 2.45) is 5.92 Å². The van der Waals surface area contributed by atoms with Crippen molar-refractivity contribution in [3.8, 4) is 0 Å². The molecule has 1 aromatic heterocycles. The summed E-state index contributed by atoms with van der Waals surface area (Å²) in [6, 6.07) is 6.00. The maximum atomic E-state index is 12.4. The Hall–Kier alpha value is -1.98. The third kappa shape index (κ3) is 3.51. The van der Waals surface area contributed by atoms with Gasteiger partial charge in [0.05, 0.1) is 5.02 Å². The first-order chi connectivity index (χ1) is 11.0. The van der Waals surface area contributed by atoms with E-state index in [-0.39, 0.29) is 16.6 Å². The van der Waals surface area contributed by atoms with E-state index in [1.54, 1.807) is 0 Å². The highest BCUT2D eigenvalue weighted by atomic mass is 35.5. The molecule has 6 heteroatoms. The molecular weight excluding hydrogens is 312 g/mol. The molecule has 1 aromatic carbocycles. The minimum atomic E-state index is -0.312. The number of carbonyl (C=O) groups is 1. The quantitative estimate of drug-likeness (QED) is 0.934. The molecule has 0 bridgehead atoms. The summed E-state index contributed by atoms with van der Waals surface area (Å²) in [5.41, 5.74) is 3.45. The number of halogens is 1. The van der Waals surface area contributed by atoms with E-state index in [1.165, 1.54) is 23.7 Å². The van der Waals surface area contributed by atoms with E-state index in [1.807, 2.05) is 12.1 Å². The van der Waals surface area contributed by atoms with Gasteiger partial charge in [-0.3, -0.25) is 9.69 Å².